The van der Waals surface area contributed by atoms with E-state index in [0.29, 0.717) is 67.2 Å². The van der Waals surface area contributed by atoms with Gasteiger partial charge in [-0.3, -0.25) is 28.9 Å². The molecule has 3 aromatic rings. The molecule has 8 rings (SSSR count). The van der Waals surface area contributed by atoms with Crippen LogP contribution < -0.4 is 9.64 Å². The van der Waals surface area contributed by atoms with Crippen molar-refractivity contribution in [3.05, 3.63) is 92.8 Å². The van der Waals surface area contributed by atoms with Crippen LogP contribution in [0.25, 0.3) is 0 Å². The maximum atomic E-state index is 15.6. The van der Waals surface area contributed by atoms with Gasteiger partial charge in [0.15, 0.2) is 5.78 Å². The second-order valence-electron chi connectivity index (χ2n) is 17.4. The first kappa shape index (κ1) is 39.3. The van der Waals surface area contributed by atoms with Crippen LogP contribution >= 0.6 is 11.6 Å². The number of benzene rings is 3. The van der Waals surface area contributed by atoms with Crippen molar-refractivity contribution in [3.63, 3.8) is 0 Å². The van der Waals surface area contributed by atoms with Crippen LogP contribution in [0.4, 0.5) is 10.1 Å². The molecule has 5 aliphatic rings. The standard InChI is InChI=1S/C46H44ClFN4O6/c1-45(2)43(46(3,4)44(45)58-31-13-11-28(24-49)35(47)21-31)51-25-29-20-27(10-14-32(29)40(51)55)9-8-26-16-18-50(19-17-26)38-23-34-33(22-36(38)48)41(56)52(42(34)57)37-15-12-30(53)6-5-7-39(37)54/h10-11,13-14,20-23,26,37,43-44H,5-7,12,15-19,25H2,1-4H3. The molecular formula is C46H44ClFN4O6. The lowest BCUT2D eigenvalue weighted by Gasteiger charge is -2.65. The lowest BCUT2D eigenvalue weighted by Crippen LogP contribution is -2.74. The topological polar surface area (TPSA) is 128 Å². The van der Waals surface area contributed by atoms with Gasteiger partial charge in [0, 0.05) is 78.9 Å². The molecule has 298 valence electrons. The number of ether oxygens (including phenoxy) is 1. The van der Waals surface area contributed by atoms with E-state index in [4.69, 9.17) is 16.3 Å². The average Bonchev–Trinajstić information content (AvgIpc) is 3.62. The lowest BCUT2D eigenvalue weighted by atomic mass is 9.49. The Morgan fingerprint density at radius 2 is 1.53 bits per heavy atom. The Morgan fingerprint density at radius 3 is 2.22 bits per heavy atom. The van der Waals surface area contributed by atoms with Gasteiger partial charge in [0.25, 0.3) is 17.7 Å². The number of Topliss-reactive ketones (excluding diaryl/α,β-unsaturated/α-hetero) is 2. The highest BCUT2D eigenvalue weighted by atomic mass is 35.5. The van der Waals surface area contributed by atoms with Crippen LogP contribution in [0.2, 0.25) is 5.02 Å². The zero-order chi connectivity index (χ0) is 41.3. The first-order chi connectivity index (χ1) is 27.6. The summed E-state index contributed by atoms with van der Waals surface area (Å²) in [6.45, 7) is 9.89. The Bertz CT molecular complexity index is 2380. The first-order valence-corrected chi connectivity index (χ1v) is 20.3. The van der Waals surface area contributed by atoms with Crippen molar-refractivity contribution >= 4 is 46.6 Å². The fourth-order valence-corrected chi connectivity index (χ4v) is 10.6. The van der Waals surface area contributed by atoms with Crippen molar-refractivity contribution in [1.29, 1.82) is 5.26 Å². The Balaban J connectivity index is 0.907. The molecule has 0 aromatic heterocycles. The molecule has 3 heterocycles. The Hall–Kier alpha value is -5.52. The Labute approximate surface area is 342 Å². The molecule has 3 aliphatic heterocycles. The zero-order valence-electron chi connectivity index (χ0n) is 33.0. The third kappa shape index (κ3) is 6.63. The van der Waals surface area contributed by atoms with Crippen LogP contribution in [-0.2, 0) is 16.1 Å². The van der Waals surface area contributed by atoms with Gasteiger partial charge in [-0.15, -0.1) is 0 Å². The number of anilines is 1. The number of carbonyl (C=O) groups is 5. The molecule has 3 fully saturated rings. The van der Waals surface area contributed by atoms with Crippen molar-refractivity contribution in [3.8, 4) is 23.7 Å². The van der Waals surface area contributed by atoms with E-state index in [1.807, 2.05) is 28.0 Å². The molecule has 0 radical (unpaired) electrons. The highest BCUT2D eigenvalue weighted by molar-refractivity contribution is 6.31. The number of amides is 3. The highest BCUT2D eigenvalue weighted by Crippen LogP contribution is 2.59. The van der Waals surface area contributed by atoms with E-state index in [1.54, 1.807) is 18.2 Å². The van der Waals surface area contributed by atoms with E-state index in [1.165, 1.54) is 6.07 Å². The van der Waals surface area contributed by atoms with E-state index < -0.39 is 23.7 Å². The van der Waals surface area contributed by atoms with Gasteiger partial charge in [-0.05, 0) is 73.7 Å². The van der Waals surface area contributed by atoms with Crippen molar-refractivity contribution in [1.82, 2.24) is 9.80 Å². The summed E-state index contributed by atoms with van der Waals surface area (Å²) in [7, 11) is 0. The van der Waals surface area contributed by atoms with E-state index in [2.05, 4.69) is 45.6 Å². The number of ketones is 2. The van der Waals surface area contributed by atoms with Gasteiger partial charge in [0.1, 0.15) is 29.5 Å². The average molecular weight is 803 g/mol. The van der Waals surface area contributed by atoms with Gasteiger partial charge in [-0.1, -0.05) is 51.1 Å². The molecule has 0 N–H and O–H groups in total. The number of hydrogen-bond donors (Lipinski definition) is 0. The van der Waals surface area contributed by atoms with E-state index in [-0.39, 0.29) is 82.4 Å². The van der Waals surface area contributed by atoms with E-state index in [0.717, 1.165) is 22.1 Å². The molecule has 3 aromatic carbocycles. The smallest absolute Gasteiger partial charge is 0.262 e. The summed E-state index contributed by atoms with van der Waals surface area (Å²) in [5.41, 5.74) is 2.26. The fourth-order valence-electron chi connectivity index (χ4n) is 10.4. The van der Waals surface area contributed by atoms with Crippen molar-refractivity contribution in [2.24, 2.45) is 16.7 Å². The third-order valence-corrected chi connectivity index (χ3v) is 13.1. The largest absolute Gasteiger partial charge is 0.489 e. The quantitative estimate of drug-likeness (QED) is 0.192. The lowest BCUT2D eigenvalue weighted by molar-refractivity contribution is -0.199. The molecule has 2 aliphatic carbocycles. The molecular weight excluding hydrogens is 759 g/mol. The molecule has 0 bridgehead atoms. The molecule has 2 saturated carbocycles. The van der Waals surface area contributed by atoms with Crippen molar-refractivity contribution in [2.45, 2.75) is 97.4 Å². The molecule has 1 saturated heterocycles. The van der Waals surface area contributed by atoms with Crippen molar-refractivity contribution < 1.29 is 33.1 Å². The summed E-state index contributed by atoms with van der Waals surface area (Å²) >= 11 is 6.28. The van der Waals surface area contributed by atoms with Gasteiger partial charge in [-0.2, -0.15) is 5.26 Å². The highest BCUT2D eigenvalue weighted by Gasteiger charge is 2.67. The van der Waals surface area contributed by atoms with Crippen molar-refractivity contribution in [2.75, 3.05) is 18.0 Å². The Kier molecular flexibility index (Phi) is 9.96. The number of hydrogen-bond acceptors (Lipinski definition) is 8. The summed E-state index contributed by atoms with van der Waals surface area (Å²) in [6.07, 6.45) is 2.12. The molecule has 0 spiro atoms. The normalized spacial score (nSPS) is 24.0. The zero-order valence-corrected chi connectivity index (χ0v) is 33.7. The van der Waals surface area contributed by atoms with Gasteiger partial charge < -0.3 is 14.5 Å². The SMILES string of the molecule is CC1(C)C(Oc2ccc(C#N)c(Cl)c2)C(C)(C)C1N1Cc2cc(C#CC3CCN(c4cc5c(cc4F)C(=O)N(C4CCC(=O)CCCC4=O)C5=O)CC3)ccc2C1=O. The van der Waals surface area contributed by atoms with Gasteiger partial charge >= 0.3 is 0 Å². The number of nitrogens with zero attached hydrogens (tertiary/aromatic N) is 4. The molecule has 1 atom stereocenters. The minimum atomic E-state index is -1.03. The van der Waals surface area contributed by atoms with Crippen LogP contribution in [0.15, 0.2) is 48.5 Å². The van der Waals surface area contributed by atoms with Gasteiger partial charge in [0.2, 0.25) is 0 Å². The van der Waals surface area contributed by atoms with Crippen LogP contribution in [0.5, 0.6) is 5.75 Å². The van der Waals surface area contributed by atoms with Crippen LogP contribution in [0, 0.1) is 45.7 Å². The van der Waals surface area contributed by atoms with E-state index in [9.17, 15) is 29.2 Å². The minimum absolute atomic E-state index is 0.000975. The molecule has 3 amide bonds. The van der Waals surface area contributed by atoms with Gasteiger partial charge in [-0.25, -0.2) is 4.39 Å². The number of nitriles is 1. The predicted octanol–water partition coefficient (Wildman–Crippen LogP) is 7.52. The number of imide groups is 1. The van der Waals surface area contributed by atoms with Crippen LogP contribution in [0.3, 0.4) is 0 Å². The number of piperidine rings is 1. The van der Waals surface area contributed by atoms with Crippen LogP contribution in [-0.4, -0.2) is 70.4 Å². The second kappa shape index (κ2) is 14.7. The second-order valence-corrected chi connectivity index (χ2v) is 17.8. The number of halogens is 2. The number of carbonyl (C=O) groups excluding carboxylic acids is 5. The summed E-state index contributed by atoms with van der Waals surface area (Å²) < 4.78 is 22.0. The Morgan fingerprint density at radius 1 is 0.828 bits per heavy atom. The fraction of sp³-hybridized carbons (Fsp3) is 0.435. The van der Waals surface area contributed by atoms with E-state index >= 15 is 4.39 Å². The number of fused-ring (bicyclic) bond motifs is 2. The first-order valence-electron chi connectivity index (χ1n) is 19.9. The molecule has 12 heteroatoms. The summed E-state index contributed by atoms with van der Waals surface area (Å²) in [6, 6.07) is 14.2. The maximum absolute atomic E-state index is 15.6. The summed E-state index contributed by atoms with van der Waals surface area (Å²) in [5.74, 6) is 5.12. The molecule has 1 unspecified atom stereocenters. The van der Waals surface area contributed by atoms with Gasteiger partial charge in [0.05, 0.1) is 33.4 Å². The third-order valence-electron chi connectivity index (χ3n) is 12.8. The minimum Gasteiger partial charge on any atom is -0.489 e. The summed E-state index contributed by atoms with van der Waals surface area (Å²) in [5, 5.41) is 9.59. The van der Waals surface area contributed by atoms with Crippen LogP contribution in [0.1, 0.15) is 120 Å². The maximum Gasteiger partial charge on any atom is 0.262 e. The summed E-state index contributed by atoms with van der Waals surface area (Å²) in [4.78, 5) is 70.4. The monoisotopic (exact) mass is 802 g/mol. The number of rotatable bonds is 5. The molecule has 10 nitrogen and oxygen atoms in total. The predicted molar refractivity (Wildman–Crippen MR) is 214 cm³/mol. The molecule has 58 heavy (non-hydrogen) atoms.